The highest BCUT2D eigenvalue weighted by atomic mass is 32.1. The highest BCUT2D eigenvalue weighted by Crippen LogP contribution is 2.07. The number of carbonyl (C=O) groups is 2. The van der Waals surface area contributed by atoms with Gasteiger partial charge < -0.3 is 10.6 Å². The summed E-state index contributed by atoms with van der Waals surface area (Å²) in [5, 5.41) is 7.67. The number of thiazole rings is 1. The van der Waals surface area contributed by atoms with E-state index in [0.29, 0.717) is 12.2 Å². The number of hydrogen-bond acceptors (Lipinski definition) is 4. The largest absolute Gasteiger partial charge is 0.351 e. The van der Waals surface area contributed by atoms with E-state index < -0.39 is 6.04 Å². The lowest BCUT2D eigenvalue weighted by atomic mass is 10.3. The molecule has 0 saturated carbocycles. The number of amides is 2. The minimum atomic E-state index is -0.593. The van der Waals surface area contributed by atoms with Crippen molar-refractivity contribution in [2.75, 3.05) is 6.54 Å². The number of hydrogen-bond donors (Lipinski definition) is 2. The summed E-state index contributed by atoms with van der Waals surface area (Å²) in [6, 6.07) is -0.593. The molecule has 0 aliphatic carbocycles. The van der Waals surface area contributed by atoms with E-state index >= 15 is 0 Å². The first-order chi connectivity index (χ1) is 8.04. The van der Waals surface area contributed by atoms with Gasteiger partial charge in [0.15, 0.2) is 0 Å². The van der Waals surface area contributed by atoms with Crippen LogP contribution in [0.2, 0.25) is 0 Å². The molecule has 0 radical (unpaired) electrons. The van der Waals surface area contributed by atoms with Crippen molar-refractivity contribution < 1.29 is 9.59 Å². The fraction of sp³-hybridized carbons (Fsp3) is 0.364. The Kier molecular flexibility index (Phi) is 4.84. The number of nitrogens with one attached hydrogen (secondary N) is 2. The number of nitrogens with zero attached hydrogens (tertiary/aromatic N) is 1. The Morgan fingerprint density at radius 2 is 2.35 bits per heavy atom. The van der Waals surface area contributed by atoms with Crippen molar-refractivity contribution >= 4 is 23.2 Å². The molecular formula is C11H15N3O2S. The molecular weight excluding hydrogens is 238 g/mol. The van der Waals surface area contributed by atoms with Crippen molar-refractivity contribution in [3.8, 4) is 0 Å². The number of aryl methyl sites for hydroxylation is 1. The SMILES string of the molecule is C=CCNC(=O)C(C)NC(=O)c1csc(C)n1. The second kappa shape index (κ2) is 6.15. The van der Waals surface area contributed by atoms with Gasteiger partial charge in [0.1, 0.15) is 11.7 Å². The number of rotatable bonds is 5. The summed E-state index contributed by atoms with van der Waals surface area (Å²) in [4.78, 5) is 27.2. The molecule has 2 N–H and O–H groups in total. The van der Waals surface area contributed by atoms with E-state index in [0.717, 1.165) is 5.01 Å². The number of carbonyl (C=O) groups excluding carboxylic acids is 2. The zero-order valence-electron chi connectivity index (χ0n) is 9.82. The molecule has 0 aliphatic rings. The second-order valence-electron chi connectivity index (χ2n) is 3.48. The van der Waals surface area contributed by atoms with Gasteiger partial charge in [0, 0.05) is 11.9 Å². The van der Waals surface area contributed by atoms with Crippen LogP contribution in [0.1, 0.15) is 22.4 Å². The van der Waals surface area contributed by atoms with Gasteiger partial charge in [-0.3, -0.25) is 9.59 Å². The quantitative estimate of drug-likeness (QED) is 0.765. The zero-order valence-corrected chi connectivity index (χ0v) is 10.6. The van der Waals surface area contributed by atoms with Crippen LogP contribution < -0.4 is 10.6 Å². The van der Waals surface area contributed by atoms with Crippen LogP contribution in [0.3, 0.4) is 0 Å². The van der Waals surface area contributed by atoms with Crippen LogP contribution in [-0.2, 0) is 4.79 Å². The molecule has 1 heterocycles. The van der Waals surface area contributed by atoms with Crippen LogP contribution in [0.15, 0.2) is 18.0 Å². The average Bonchev–Trinajstić information content (AvgIpc) is 2.72. The minimum Gasteiger partial charge on any atom is -0.351 e. The van der Waals surface area contributed by atoms with Gasteiger partial charge in [0.25, 0.3) is 5.91 Å². The van der Waals surface area contributed by atoms with Crippen LogP contribution in [0.4, 0.5) is 0 Å². The van der Waals surface area contributed by atoms with Crippen molar-refractivity contribution in [2.24, 2.45) is 0 Å². The van der Waals surface area contributed by atoms with Crippen LogP contribution in [-0.4, -0.2) is 29.4 Å². The van der Waals surface area contributed by atoms with Crippen molar-refractivity contribution in [1.29, 1.82) is 0 Å². The molecule has 0 aromatic carbocycles. The molecule has 17 heavy (non-hydrogen) atoms. The first-order valence-electron chi connectivity index (χ1n) is 5.16. The Labute approximate surface area is 104 Å². The smallest absolute Gasteiger partial charge is 0.271 e. The van der Waals surface area contributed by atoms with Gasteiger partial charge in [-0.2, -0.15) is 0 Å². The lowest BCUT2D eigenvalue weighted by Gasteiger charge is -2.12. The molecule has 0 bridgehead atoms. The summed E-state index contributed by atoms with van der Waals surface area (Å²) < 4.78 is 0. The summed E-state index contributed by atoms with van der Waals surface area (Å²) in [7, 11) is 0. The maximum absolute atomic E-state index is 11.7. The highest BCUT2D eigenvalue weighted by Gasteiger charge is 2.17. The van der Waals surface area contributed by atoms with Gasteiger partial charge in [-0.1, -0.05) is 6.08 Å². The zero-order chi connectivity index (χ0) is 12.8. The van der Waals surface area contributed by atoms with E-state index in [1.54, 1.807) is 18.4 Å². The third kappa shape index (κ3) is 3.99. The molecule has 0 aliphatic heterocycles. The minimum absolute atomic E-state index is 0.245. The monoisotopic (exact) mass is 253 g/mol. The summed E-state index contributed by atoms with van der Waals surface area (Å²) >= 11 is 1.40. The summed E-state index contributed by atoms with van der Waals surface area (Å²) in [5.74, 6) is -0.583. The van der Waals surface area contributed by atoms with Crippen LogP contribution in [0.5, 0.6) is 0 Å². The molecule has 0 fully saturated rings. The van der Waals surface area contributed by atoms with E-state index in [4.69, 9.17) is 0 Å². The summed E-state index contributed by atoms with van der Waals surface area (Å²) in [6.07, 6.45) is 1.58. The lowest BCUT2D eigenvalue weighted by Crippen LogP contribution is -2.44. The first-order valence-corrected chi connectivity index (χ1v) is 6.04. The Balaban J connectivity index is 2.51. The van der Waals surface area contributed by atoms with Crippen molar-refractivity contribution in [2.45, 2.75) is 19.9 Å². The topological polar surface area (TPSA) is 71.1 Å². The Morgan fingerprint density at radius 1 is 1.65 bits per heavy atom. The fourth-order valence-corrected chi connectivity index (χ4v) is 1.72. The molecule has 1 unspecified atom stereocenters. The third-order valence-corrected chi connectivity index (χ3v) is 2.79. The molecule has 5 nitrogen and oxygen atoms in total. The summed E-state index contributed by atoms with van der Waals surface area (Å²) in [6.45, 7) is 7.32. The average molecular weight is 253 g/mol. The molecule has 6 heteroatoms. The van der Waals surface area contributed by atoms with E-state index in [2.05, 4.69) is 22.2 Å². The normalized spacial score (nSPS) is 11.6. The van der Waals surface area contributed by atoms with Crippen LogP contribution in [0, 0.1) is 6.92 Å². The van der Waals surface area contributed by atoms with Crippen molar-refractivity contribution in [1.82, 2.24) is 15.6 Å². The standard InChI is InChI=1S/C11H15N3O2S/c1-4-5-12-10(15)7(2)13-11(16)9-6-17-8(3)14-9/h4,6-7H,1,5H2,2-3H3,(H,12,15)(H,13,16). The first kappa shape index (κ1) is 13.4. The van der Waals surface area contributed by atoms with Crippen LogP contribution >= 0.6 is 11.3 Å². The highest BCUT2D eigenvalue weighted by molar-refractivity contribution is 7.09. The fourth-order valence-electron chi connectivity index (χ4n) is 1.13. The maximum atomic E-state index is 11.7. The van der Waals surface area contributed by atoms with Gasteiger partial charge in [-0.05, 0) is 13.8 Å². The van der Waals surface area contributed by atoms with Gasteiger partial charge >= 0.3 is 0 Å². The maximum Gasteiger partial charge on any atom is 0.271 e. The van der Waals surface area contributed by atoms with Gasteiger partial charge in [-0.25, -0.2) is 4.98 Å². The molecule has 0 spiro atoms. The van der Waals surface area contributed by atoms with E-state index in [1.165, 1.54) is 11.3 Å². The summed E-state index contributed by atoms with van der Waals surface area (Å²) in [5.41, 5.74) is 0.343. The Morgan fingerprint density at radius 3 is 2.88 bits per heavy atom. The van der Waals surface area contributed by atoms with E-state index in [1.807, 2.05) is 6.92 Å². The Hall–Kier alpha value is -1.69. The molecule has 1 rings (SSSR count). The van der Waals surface area contributed by atoms with Crippen molar-refractivity contribution in [3.05, 3.63) is 28.7 Å². The predicted octanol–water partition coefficient (Wildman–Crippen LogP) is 0.872. The molecule has 1 aromatic heterocycles. The molecule has 0 saturated heterocycles. The molecule has 2 amide bonds. The lowest BCUT2D eigenvalue weighted by molar-refractivity contribution is -0.122. The predicted molar refractivity (Wildman–Crippen MR) is 67.0 cm³/mol. The van der Waals surface area contributed by atoms with E-state index in [-0.39, 0.29) is 11.8 Å². The molecule has 1 aromatic rings. The van der Waals surface area contributed by atoms with E-state index in [9.17, 15) is 9.59 Å². The molecule has 92 valence electrons. The van der Waals surface area contributed by atoms with Crippen LogP contribution in [0.25, 0.3) is 0 Å². The van der Waals surface area contributed by atoms with Gasteiger partial charge in [-0.15, -0.1) is 17.9 Å². The number of aromatic nitrogens is 1. The molecule has 1 atom stereocenters. The third-order valence-electron chi connectivity index (χ3n) is 2.01. The van der Waals surface area contributed by atoms with Crippen molar-refractivity contribution in [3.63, 3.8) is 0 Å². The Bertz CT molecular complexity index is 428. The van der Waals surface area contributed by atoms with Gasteiger partial charge in [0.05, 0.1) is 5.01 Å². The second-order valence-corrected chi connectivity index (χ2v) is 4.54. The van der Waals surface area contributed by atoms with Gasteiger partial charge in [0.2, 0.25) is 5.91 Å².